The Morgan fingerprint density at radius 2 is 2.00 bits per heavy atom. The van der Waals surface area contributed by atoms with Crippen molar-refractivity contribution in [2.24, 2.45) is 5.92 Å². The highest BCUT2D eigenvalue weighted by molar-refractivity contribution is 5.72. The van der Waals surface area contributed by atoms with Gasteiger partial charge in [0.25, 0.3) is 0 Å². The topological polar surface area (TPSA) is 26.3 Å². The lowest BCUT2D eigenvalue weighted by Crippen LogP contribution is -2.10. The minimum absolute atomic E-state index is 0.184. The minimum atomic E-state index is -0.184. The first-order valence-electron chi connectivity index (χ1n) is 5.05. The molecule has 0 radical (unpaired) electrons. The van der Waals surface area contributed by atoms with Crippen molar-refractivity contribution in [3.05, 3.63) is 36.4 Å². The number of hydrogen-bond acceptors (Lipinski definition) is 2. The predicted molar refractivity (Wildman–Crippen MR) is 61.6 cm³/mol. The van der Waals surface area contributed by atoms with Gasteiger partial charge in [-0.15, -0.1) is 0 Å². The van der Waals surface area contributed by atoms with Crippen molar-refractivity contribution in [3.63, 3.8) is 0 Å². The van der Waals surface area contributed by atoms with Crippen LogP contribution in [-0.2, 0) is 4.79 Å². The molecule has 0 aromatic heterocycles. The van der Waals surface area contributed by atoms with E-state index in [-0.39, 0.29) is 5.97 Å². The van der Waals surface area contributed by atoms with Crippen LogP contribution in [0.2, 0.25) is 0 Å². The number of carbonyl (C=O) groups is 1. The maximum atomic E-state index is 11.3. The predicted octanol–water partition coefficient (Wildman–Crippen LogP) is 3.28. The Kier molecular flexibility index (Phi) is 4.10. The molecule has 1 rings (SSSR count). The van der Waals surface area contributed by atoms with Gasteiger partial charge >= 0.3 is 5.97 Å². The van der Waals surface area contributed by atoms with Crippen molar-refractivity contribution in [2.75, 3.05) is 0 Å². The first-order chi connectivity index (χ1) is 7.11. The van der Waals surface area contributed by atoms with Crippen molar-refractivity contribution < 1.29 is 9.53 Å². The van der Waals surface area contributed by atoms with Crippen LogP contribution < -0.4 is 4.74 Å². The number of rotatable bonds is 4. The molecule has 0 unspecified atom stereocenters. The summed E-state index contributed by atoms with van der Waals surface area (Å²) in [7, 11) is 0. The van der Waals surface area contributed by atoms with Crippen LogP contribution >= 0.6 is 0 Å². The zero-order chi connectivity index (χ0) is 11.3. The van der Waals surface area contributed by atoms with Crippen LogP contribution in [0, 0.1) is 5.92 Å². The van der Waals surface area contributed by atoms with E-state index in [4.69, 9.17) is 4.74 Å². The standard InChI is InChI=1S/C13H16O2/c1-4-11-5-7-12(8-6-11)15-13(14)9-10(2)3/h4-8,10H,1,9H2,2-3H3. The van der Waals surface area contributed by atoms with Gasteiger partial charge in [0.05, 0.1) is 0 Å². The third-order valence-electron chi connectivity index (χ3n) is 1.92. The molecule has 0 spiro atoms. The van der Waals surface area contributed by atoms with Gasteiger partial charge in [0, 0.05) is 6.42 Å². The number of hydrogen-bond donors (Lipinski definition) is 0. The van der Waals surface area contributed by atoms with Crippen LogP contribution in [0.5, 0.6) is 5.75 Å². The summed E-state index contributed by atoms with van der Waals surface area (Å²) in [5.74, 6) is 0.729. The quantitative estimate of drug-likeness (QED) is 0.555. The summed E-state index contributed by atoms with van der Waals surface area (Å²) in [6.45, 7) is 7.63. The molecule has 2 heteroatoms. The summed E-state index contributed by atoms with van der Waals surface area (Å²) in [5, 5.41) is 0. The third kappa shape index (κ3) is 3.98. The average Bonchev–Trinajstić information content (AvgIpc) is 2.17. The van der Waals surface area contributed by atoms with Gasteiger partial charge in [0.15, 0.2) is 0 Å². The van der Waals surface area contributed by atoms with Crippen LogP contribution in [0.25, 0.3) is 6.08 Å². The number of ether oxygens (including phenoxy) is 1. The summed E-state index contributed by atoms with van der Waals surface area (Å²) in [5.41, 5.74) is 1.01. The second kappa shape index (κ2) is 5.35. The fourth-order valence-electron chi connectivity index (χ4n) is 1.18. The van der Waals surface area contributed by atoms with Gasteiger partial charge in [0.2, 0.25) is 0 Å². The molecule has 1 aromatic rings. The molecule has 0 aliphatic carbocycles. The SMILES string of the molecule is C=Cc1ccc(OC(=O)CC(C)C)cc1. The van der Waals surface area contributed by atoms with Gasteiger partial charge < -0.3 is 4.74 Å². The van der Waals surface area contributed by atoms with Crippen molar-refractivity contribution in [1.82, 2.24) is 0 Å². The van der Waals surface area contributed by atoms with Gasteiger partial charge in [-0.2, -0.15) is 0 Å². The van der Waals surface area contributed by atoms with E-state index in [9.17, 15) is 4.79 Å². The van der Waals surface area contributed by atoms with Crippen LogP contribution in [0.4, 0.5) is 0 Å². The number of esters is 1. The van der Waals surface area contributed by atoms with Crippen LogP contribution in [0.1, 0.15) is 25.8 Å². The number of benzene rings is 1. The molecule has 0 aliphatic heterocycles. The molecule has 0 N–H and O–H groups in total. The normalized spacial score (nSPS) is 10.1. The van der Waals surface area contributed by atoms with Gasteiger partial charge in [-0.05, 0) is 23.6 Å². The molecule has 0 saturated heterocycles. The molecule has 1 aromatic carbocycles. The average molecular weight is 204 g/mol. The molecule has 0 atom stereocenters. The molecule has 0 saturated carbocycles. The Morgan fingerprint density at radius 3 is 2.47 bits per heavy atom. The van der Waals surface area contributed by atoms with E-state index in [1.54, 1.807) is 18.2 Å². The van der Waals surface area contributed by atoms with Crippen molar-refractivity contribution >= 4 is 12.0 Å². The Balaban J connectivity index is 2.57. The molecule has 2 nitrogen and oxygen atoms in total. The highest BCUT2D eigenvalue weighted by Gasteiger charge is 2.06. The molecule has 15 heavy (non-hydrogen) atoms. The fourth-order valence-corrected chi connectivity index (χ4v) is 1.18. The molecule has 0 aliphatic rings. The summed E-state index contributed by atoms with van der Waals surface area (Å²) >= 11 is 0. The van der Waals surface area contributed by atoms with Crippen LogP contribution in [0.15, 0.2) is 30.8 Å². The van der Waals surface area contributed by atoms with E-state index in [1.807, 2.05) is 26.0 Å². The van der Waals surface area contributed by atoms with E-state index < -0.39 is 0 Å². The van der Waals surface area contributed by atoms with Crippen molar-refractivity contribution in [3.8, 4) is 5.75 Å². The zero-order valence-corrected chi connectivity index (χ0v) is 9.19. The summed E-state index contributed by atoms with van der Waals surface area (Å²) in [4.78, 5) is 11.3. The Bertz CT molecular complexity index is 336. The minimum Gasteiger partial charge on any atom is -0.427 e. The molecule has 80 valence electrons. The molecule has 0 bridgehead atoms. The maximum Gasteiger partial charge on any atom is 0.311 e. The van der Waals surface area contributed by atoms with E-state index in [2.05, 4.69) is 6.58 Å². The van der Waals surface area contributed by atoms with Crippen molar-refractivity contribution in [1.29, 1.82) is 0 Å². The first kappa shape index (κ1) is 11.5. The molecule has 0 amide bonds. The monoisotopic (exact) mass is 204 g/mol. The zero-order valence-electron chi connectivity index (χ0n) is 9.19. The lowest BCUT2D eigenvalue weighted by molar-refractivity contribution is -0.135. The van der Waals surface area contributed by atoms with E-state index in [1.165, 1.54) is 0 Å². The van der Waals surface area contributed by atoms with Gasteiger partial charge in [0.1, 0.15) is 5.75 Å². The summed E-state index contributed by atoms with van der Waals surface area (Å²) in [6, 6.07) is 7.28. The highest BCUT2D eigenvalue weighted by Crippen LogP contribution is 2.14. The smallest absolute Gasteiger partial charge is 0.311 e. The molecule has 0 heterocycles. The van der Waals surface area contributed by atoms with Crippen molar-refractivity contribution in [2.45, 2.75) is 20.3 Å². The Labute approximate surface area is 90.6 Å². The molecular weight excluding hydrogens is 188 g/mol. The first-order valence-corrected chi connectivity index (χ1v) is 5.05. The largest absolute Gasteiger partial charge is 0.427 e. The fraction of sp³-hybridized carbons (Fsp3) is 0.308. The summed E-state index contributed by atoms with van der Waals surface area (Å²) in [6.07, 6.45) is 2.20. The van der Waals surface area contributed by atoms with Gasteiger partial charge in [-0.25, -0.2) is 0 Å². The molecule has 0 fully saturated rings. The molecular formula is C13H16O2. The Hall–Kier alpha value is -1.57. The lowest BCUT2D eigenvalue weighted by atomic mass is 10.1. The number of carbonyl (C=O) groups excluding carboxylic acids is 1. The van der Waals surface area contributed by atoms with E-state index in [0.717, 1.165) is 5.56 Å². The van der Waals surface area contributed by atoms with E-state index in [0.29, 0.717) is 18.1 Å². The third-order valence-corrected chi connectivity index (χ3v) is 1.92. The lowest BCUT2D eigenvalue weighted by Gasteiger charge is -2.06. The van der Waals surface area contributed by atoms with Gasteiger partial charge in [-0.1, -0.05) is 38.6 Å². The second-order valence-corrected chi connectivity index (χ2v) is 3.85. The summed E-state index contributed by atoms with van der Waals surface area (Å²) < 4.78 is 5.15. The van der Waals surface area contributed by atoms with Crippen LogP contribution in [0.3, 0.4) is 0 Å². The van der Waals surface area contributed by atoms with E-state index >= 15 is 0 Å². The van der Waals surface area contributed by atoms with Crippen LogP contribution in [-0.4, -0.2) is 5.97 Å². The van der Waals surface area contributed by atoms with Gasteiger partial charge in [-0.3, -0.25) is 4.79 Å². The maximum absolute atomic E-state index is 11.3. The highest BCUT2D eigenvalue weighted by atomic mass is 16.5. The Morgan fingerprint density at radius 1 is 1.40 bits per heavy atom. The second-order valence-electron chi connectivity index (χ2n) is 3.85.